The summed E-state index contributed by atoms with van der Waals surface area (Å²) in [6, 6.07) is 5.90. The van der Waals surface area contributed by atoms with E-state index in [0.29, 0.717) is 30.0 Å². The third-order valence-electron chi connectivity index (χ3n) is 11.4. The summed E-state index contributed by atoms with van der Waals surface area (Å²) in [6.07, 6.45) is 3.87. The lowest BCUT2D eigenvalue weighted by atomic mass is 9.73. The van der Waals surface area contributed by atoms with Crippen LogP contribution in [-0.2, 0) is 57.1 Å². The van der Waals surface area contributed by atoms with Gasteiger partial charge in [-0.05, 0) is 76.0 Å². The van der Waals surface area contributed by atoms with Gasteiger partial charge >= 0.3 is 11.9 Å². The number of hydrogen-bond donors (Lipinski definition) is 0. The first-order valence-corrected chi connectivity index (χ1v) is 19.9. The molecule has 1 saturated carbocycles. The van der Waals surface area contributed by atoms with Crippen LogP contribution in [0.4, 0.5) is 0 Å². The Kier molecular flexibility index (Phi) is 10.3. The van der Waals surface area contributed by atoms with Crippen molar-refractivity contribution < 1.29 is 37.0 Å². The molecule has 2 aromatic rings. The number of nitriles is 1. The van der Waals surface area contributed by atoms with Gasteiger partial charge in [-0.1, -0.05) is 57.7 Å². The Morgan fingerprint density at radius 2 is 1.67 bits per heavy atom. The van der Waals surface area contributed by atoms with Crippen LogP contribution < -0.4 is 5.56 Å². The molecule has 4 aliphatic rings. The zero-order valence-corrected chi connectivity index (χ0v) is 32.2. The van der Waals surface area contributed by atoms with Gasteiger partial charge in [0.25, 0.3) is 5.56 Å². The topological polar surface area (TPSA) is 154 Å². The van der Waals surface area contributed by atoms with E-state index >= 15 is 0 Å². The van der Waals surface area contributed by atoms with Crippen molar-refractivity contribution in [1.29, 1.82) is 5.26 Å². The van der Waals surface area contributed by atoms with Gasteiger partial charge < -0.3 is 23.5 Å². The van der Waals surface area contributed by atoms with Gasteiger partial charge in [-0.2, -0.15) is 9.57 Å². The van der Waals surface area contributed by atoms with Crippen LogP contribution in [-0.4, -0.2) is 67.4 Å². The summed E-state index contributed by atoms with van der Waals surface area (Å²) < 4.78 is 56.1. The number of sulfonamides is 1. The molecule has 3 aliphatic heterocycles. The molecule has 0 radical (unpaired) electrons. The highest BCUT2D eigenvalue weighted by Gasteiger charge is 2.54. The highest BCUT2D eigenvalue weighted by atomic mass is 32.2. The minimum atomic E-state index is -4.21. The SMILES string of the molecule is CCOC(=O)[C@@](CC)(OC(=O)[C@H]1CC2CCCCC2CN1S(=O)(=O)c1c(C)cc(C)cc1C)c1cc2n(c(=O)c1C#N)CC1(C2)OCC(C)(C)CO1. The van der Waals surface area contributed by atoms with Crippen LogP contribution in [0.2, 0.25) is 0 Å². The van der Waals surface area contributed by atoms with E-state index in [1.54, 1.807) is 33.8 Å². The first-order chi connectivity index (χ1) is 24.5. The summed E-state index contributed by atoms with van der Waals surface area (Å²) in [5.74, 6) is -2.83. The average Bonchev–Trinajstić information content (AvgIpc) is 3.46. The maximum Gasteiger partial charge on any atom is 0.355 e. The highest BCUT2D eigenvalue weighted by Crippen LogP contribution is 2.44. The van der Waals surface area contributed by atoms with Gasteiger partial charge in [0.2, 0.25) is 15.6 Å². The first-order valence-electron chi connectivity index (χ1n) is 18.5. The predicted octanol–water partition coefficient (Wildman–Crippen LogP) is 4.95. The lowest BCUT2D eigenvalue weighted by Crippen LogP contribution is -2.56. The smallest absolute Gasteiger partial charge is 0.355 e. The lowest BCUT2D eigenvalue weighted by molar-refractivity contribution is -0.296. The molecule has 4 heterocycles. The largest absolute Gasteiger partial charge is 0.463 e. The van der Waals surface area contributed by atoms with Crippen LogP contribution >= 0.6 is 0 Å². The quantitative estimate of drug-likeness (QED) is 0.340. The van der Waals surface area contributed by atoms with Crippen molar-refractivity contribution in [3.63, 3.8) is 0 Å². The summed E-state index contributed by atoms with van der Waals surface area (Å²) in [7, 11) is -4.21. The molecule has 6 rings (SSSR count). The van der Waals surface area contributed by atoms with E-state index in [1.165, 1.54) is 8.87 Å². The molecule has 13 heteroatoms. The number of pyridine rings is 1. The second-order valence-corrected chi connectivity index (χ2v) is 17.8. The highest BCUT2D eigenvalue weighted by molar-refractivity contribution is 7.89. The summed E-state index contributed by atoms with van der Waals surface area (Å²) in [5, 5.41) is 10.4. The van der Waals surface area contributed by atoms with Gasteiger partial charge in [-0.15, -0.1) is 0 Å². The van der Waals surface area contributed by atoms with Crippen molar-refractivity contribution in [1.82, 2.24) is 8.87 Å². The molecule has 3 fully saturated rings. The van der Waals surface area contributed by atoms with E-state index in [-0.39, 0.29) is 72.2 Å². The number of carbonyl (C=O) groups is 2. The number of benzene rings is 1. The van der Waals surface area contributed by atoms with Gasteiger partial charge in [-0.25, -0.2) is 13.2 Å². The maximum atomic E-state index is 14.7. The molecule has 0 bridgehead atoms. The molecule has 4 atom stereocenters. The Bertz CT molecular complexity index is 1950. The van der Waals surface area contributed by atoms with E-state index < -0.39 is 45.0 Å². The number of rotatable bonds is 8. The Morgan fingerprint density at radius 3 is 2.27 bits per heavy atom. The molecule has 0 amide bonds. The monoisotopic (exact) mass is 737 g/mol. The number of fused-ring (bicyclic) bond motifs is 2. The molecule has 1 aromatic heterocycles. The number of esters is 2. The van der Waals surface area contributed by atoms with Crippen LogP contribution in [0.15, 0.2) is 27.9 Å². The fourth-order valence-corrected chi connectivity index (χ4v) is 10.9. The summed E-state index contributed by atoms with van der Waals surface area (Å²) >= 11 is 0. The second kappa shape index (κ2) is 14.0. The number of hydrogen-bond acceptors (Lipinski definition) is 10. The molecule has 2 saturated heterocycles. The van der Waals surface area contributed by atoms with Gasteiger partial charge in [0.1, 0.15) is 17.7 Å². The normalized spacial score (nSPS) is 25.0. The molecule has 1 aliphatic carbocycles. The van der Waals surface area contributed by atoms with Gasteiger partial charge in [0.05, 0.1) is 31.3 Å². The first kappa shape index (κ1) is 38.2. The van der Waals surface area contributed by atoms with Crippen LogP contribution in [0, 0.1) is 49.4 Å². The van der Waals surface area contributed by atoms with Gasteiger partial charge in [0, 0.05) is 29.6 Å². The number of carbonyl (C=O) groups excluding carboxylic acids is 2. The fraction of sp³-hybridized carbons (Fsp3) is 0.641. The third-order valence-corrected chi connectivity index (χ3v) is 13.6. The number of ether oxygens (including phenoxy) is 4. The summed E-state index contributed by atoms with van der Waals surface area (Å²) in [5.41, 5.74) is -1.04. The van der Waals surface area contributed by atoms with Crippen LogP contribution in [0.1, 0.15) is 99.7 Å². The van der Waals surface area contributed by atoms with Gasteiger partial charge in [0.15, 0.2) is 5.79 Å². The number of aromatic nitrogens is 1. The maximum absolute atomic E-state index is 14.7. The second-order valence-electron chi connectivity index (χ2n) is 15.9. The third kappa shape index (κ3) is 6.61. The Balaban J connectivity index is 1.44. The van der Waals surface area contributed by atoms with E-state index in [9.17, 15) is 28.1 Å². The van der Waals surface area contributed by atoms with Crippen molar-refractivity contribution in [3.8, 4) is 6.07 Å². The number of piperidine rings is 1. The van der Waals surface area contributed by atoms with Crippen LogP contribution in [0.3, 0.4) is 0 Å². The molecular formula is C39H51N3O9S. The Labute approximate surface area is 306 Å². The molecule has 1 spiro atoms. The van der Waals surface area contributed by atoms with E-state index in [2.05, 4.69) is 0 Å². The summed E-state index contributed by atoms with van der Waals surface area (Å²) in [4.78, 5) is 43.0. The fourth-order valence-electron chi connectivity index (χ4n) is 8.82. The predicted molar refractivity (Wildman–Crippen MR) is 191 cm³/mol. The van der Waals surface area contributed by atoms with E-state index in [4.69, 9.17) is 18.9 Å². The van der Waals surface area contributed by atoms with Crippen molar-refractivity contribution >= 4 is 22.0 Å². The van der Waals surface area contributed by atoms with Crippen molar-refractivity contribution in [2.24, 2.45) is 17.3 Å². The van der Waals surface area contributed by atoms with Crippen molar-refractivity contribution in [2.45, 2.75) is 122 Å². The van der Waals surface area contributed by atoms with Crippen molar-refractivity contribution in [2.75, 3.05) is 26.4 Å². The molecule has 2 unspecified atom stereocenters. The molecule has 282 valence electrons. The molecule has 52 heavy (non-hydrogen) atoms. The Morgan fingerprint density at radius 1 is 1.04 bits per heavy atom. The average molecular weight is 738 g/mol. The Hall–Kier alpha value is -3.57. The lowest BCUT2D eigenvalue weighted by Gasteiger charge is -2.45. The van der Waals surface area contributed by atoms with Crippen molar-refractivity contribution in [3.05, 3.63) is 62.1 Å². The van der Waals surface area contributed by atoms with Crippen LogP contribution in [0.25, 0.3) is 0 Å². The summed E-state index contributed by atoms with van der Waals surface area (Å²) in [6.45, 7) is 13.6. The zero-order valence-electron chi connectivity index (χ0n) is 31.4. The standard InChI is InChI=1S/C39H51N3O9S/c1-8-39(36(45)48-9-2,31-17-29-18-38(49-22-37(6,7)23-50-38)21-41(29)34(43)30(31)19-40)51-35(44)32-16-27-12-10-11-13-28(27)20-42(32)52(46,47)33-25(4)14-24(3)15-26(33)5/h14-15,17,27-28,32H,8-13,16,18,20-23H2,1-7H3/t27?,28?,32-,39+/m1/s1. The minimum Gasteiger partial charge on any atom is -0.463 e. The van der Waals surface area contributed by atoms with Gasteiger partial charge in [-0.3, -0.25) is 9.59 Å². The minimum absolute atomic E-state index is 0.0554. The number of nitrogens with zero attached hydrogens (tertiary/aromatic N) is 3. The zero-order chi connectivity index (χ0) is 37.8. The van der Waals surface area contributed by atoms with Crippen LogP contribution in [0.5, 0.6) is 0 Å². The molecule has 0 N–H and O–H groups in total. The molecular weight excluding hydrogens is 687 g/mol. The molecule has 12 nitrogen and oxygen atoms in total. The number of aryl methyl sites for hydroxylation is 3. The van der Waals surface area contributed by atoms with E-state index in [1.807, 2.05) is 39.0 Å². The van der Waals surface area contributed by atoms with E-state index in [0.717, 1.165) is 31.2 Å². The molecule has 1 aromatic carbocycles.